The van der Waals surface area contributed by atoms with Crippen LogP contribution in [0.25, 0.3) is 0 Å². The molecule has 4 heterocycles. The molecule has 2 aromatic rings. The van der Waals surface area contributed by atoms with E-state index in [2.05, 4.69) is 42.1 Å². The van der Waals surface area contributed by atoms with Gasteiger partial charge in [0.1, 0.15) is 11.6 Å². The van der Waals surface area contributed by atoms with Crippen molar-refractivity contribution in [2.75, 3.05) is 19.6 Å². The molecule has 4 rings (SSSR count). The Morgan fingerprint density at radius 2 is 2.26 bits per heavy atom. The molecule has 7 heteroatoms. The van der Waals surface area contributed by atoms with Crippen LogP contribution in [0, 0.1) is 6.92 Å². The van der Waals surface area contributed by atoms with Crippen molar-refractivity contribution in [3.05, 3.63) is 34.0 Å². The smallest absolute Gasteiger partial charge is 0.237 e. The highest BCUT2D eigenvalue weighted by Gasteiger charge is 2.32. The van der Waals surface area contributed by atoms with Crippen LogP contribution < -0.4 is 0 Å². The van der Waals surface area contributed by atoms with Crippen molar-refractivity contribution in [3.63, 3.8) is 0 Å². The van der Waals surface area contributed by atoms with Gasteiger partial charge in [-0.25, -0.2) is 0 Å². The summed E-state index contributed by atoms with van der Waals surface area (Å²) in [6.07, 6.45) is 2.18. The average Bonchev–Trinajstić information content (AvgIpc) is 3.27. The molecule has 0 radical (unpaired) electrons. The van der Waals surface area contributed by atoms with E-state index < -0.39 is 0 Å². The summed E-state index contributed by atoms with van der Waals surface area (Å²) in [6, 6.07) is 4.49. The Balaban J connectivity index is 1.42. The molecule has 2 aromatic heterocycles. The maximum absolute atomic E-state index is 12.8. The van der Waals surface area contributed by atoms with Gasteiger partial charge in [0, 0.05) is 24.5 Å². The fourth-order valence-corrected chi connectivity index (χ4v) is 4.49. The van der Waals surface area contributed by atoms with Crippen LogP contribution in [-0.2, 0) is 17.9 Å². The molecule has 1 fully saturated rings. The van der Waals surface area contributed by atoms with E-state index in [4.69, 9.17) is 0 Å². The molecule has 0 bridgehead atoms. The Hall–Kier alpha value is -1.73. The summed E-state index contributed by atoms with van der Waals surface area (Å²) < 4.78 is 2.14. The van der Waals surface area contributed by atoms with E-state index in [0.29, 0.717) is 13.1 Å². The lowest BCUT2D eigenvalue weighted by Gasteiger charge is -2.30. The number of carbonyl (C=O) groups is 1. The van der Waals surface area contributed by atoms with Gasteiger partial charge in [0.15, 0.2) is 0 Å². The Labute approximate surface area is 139 Å². The molecule has 122 valence electrons. The summed E-state index contributed by atoms with van der Waals surface area (Å²) in [5.41, 5.74) is 0. The standard InChI is InChI=1S/C16H21N5OS/c1-12-17-18-15-10-19(7-8-20(12)15)11-16(22)21-6-2-4-13(21)14-5-3-9-23-14/h3,5,9,13H,2,4,6-8,10-11H2,1H3. The molecule has 0 saturated carbocycles. The molecule has 23 heavy (non-hydrogen) atoms. The van der Waals surface area contributed by atoms with Crippen LogP contribution >= 0.6 is 11.3 Å². The molecule has 0 aromatic carbocycles. The summed E-state index contributed by atoms with van der Waals surface area (Å²) in [7, 11) is 0. The monoisotopic (exact) mass is 331 g/mol. The fourth-order valence-electron chi connectivity index (χ4n) is 3.61. The van der Waals surface area contributed by atoms with Crippen LogP contribution in [0.4, 0.5) is 0 Å². The van der Waals surface area contributed by atoms with E-state index in [1.807, 2.05) is 6.92 Å². The largest absolute Gasteiger partial charge is 0.334 e. The van der Waals surface area contributed by atoms with Crippen molar-refractivity contribution in [2.45, 2.75) is 38.9 Å². The quantitative estimate of drug-likeness (QED) is 0.861. The van der Waals surface area contributed by atoms with Crippen LogP contribution in [0.2, 0.25) is 0 Å². The van der Waals surface area contributed by atoms with Crippen molar-refractivity contribution in [1.29, 1.82) is 0 Å². The molecule has 1 atom stereocenters. The number of likely N-dealkylation sites (tertiary alicyclic amines) is 1. The highest BCUT2D eigenvalue weighted by molar-refractivity contribution is 7.10. The third kappa shape index (κ3) is 2.79. The third-order valence-electron chi connectivity index (χ3n) is 4.82. The number of fused-ring (bicyclic) bond motifs is 1. The van der Waals surface area contributed by atoms with E-state index in [1.54, 1.807) is 11.3 Å². The second-order valence-electron chi connectivity index (χ2n) is 6.29. The van der Waals surface area contributed by atoms with Crippen molar-refractivity contribution < 1.29 is 4.79 Å². The number of amides is 1. The number of aromatic nitrogens is 3. The van der Waals surface area contributed by atoms with Crippen molar-refractivity contribution in [3.8, 4) is 0 Å². The molecule has 1 amide bonds. The summed E-state index contributed by atoms with van der Waals surface area (Å²) in [6.45, 7) is 5.81. The first-order valence-corrected chi connectivity index (χ1v) is 9.04. The summed E-state index contributed by atoms with van der Waals surface area (Å²) >= 11 is 1.75. The highest BCUT2D eigenvalue weighted by Crippen LogP contribution is 2.34. The average molecular weight is 331 g/mol. The van der Waals surface area contributed by atoms with Gasteiger partial charge in [-0.05, 0) is 31.2 Å². The van der Waals surface area contributed by atoms with Gasteiger partial charge in [0.25, 0.3) is 0 Å². The molecule has 1 saturated heterocycles. The maximum atomic E-state index is 12.8. The van der Waals surface area contributed by atoms with Gasteiger partial charge in [-0.3, -0.25) is 9.69 Å². The summed E-state index contributed by atoms with van der Waals surface area (Å²) in [5, 5.41) is 10.4. The van der Waals surface area contributed by atoms with Crippen LogP contribution in [0.15, 0.2) is 17.5 Å². The maximum Gasteiger partial charge on any atom is 0.237 e. The SMILES string of the molecule is Cc1nnc2n1CCN(CC(=O)N1CCCC1c1cccs1)C2. The van der Waals surface area contributed by atoms with Crippen molar-refractivity contribution >= 4 is 17.2 Å². The number of hydrogen-bond donors (Lipinski definition) is 0. The molecule has 0 N–H and O–H groups in total. The van der Waals surface area contributed by atoms with Crippen LogP contribution in [0.5, 0.6) is 0 Å². The molecule has 0 aliphatic carbocycles. The second kappa shape index (κ2) is 6.05. The molecular weight excluding hydrogens is 310 g/mol. The first kappa shape index (κ1) is 14.8. The van der Waals surface area contributed by atoms with Crippen LogP contribution in [-0.4, -0.2) is 50.1 Å². The normalized spacial score (nSPS) is 21.6. The molecule has 1 unspecified atom stereocenters. The minimum atomic E-state index is 0.241. The summed E-state index contributed by atoms with van der Waals surface area (Å²) in [5.74, 6) is 2.17. The lowest BCUT2D eigenvalue weighted by molar-refractivity contribution is -0.133. The zero-order chi connectivity index (χ0) is 15.8. The molecule has 6 nitrogen and oxygen atoms in total. The van der Waals surface area contributed by atoms with Crippen molar-refractivity contribution in [2.24, 2.45) is 0 Å². The minimum absolute atomic E-state index is 0.241. The van der Waals surface area contributed by atoms with E-state index in [0.717, 1.165) is 44.1 Å². The number of carbonyl (C=O) groups excluding carboxylic acids is 1. The van der Waals surface area contributed by atoms with Gasteiger partial charge in [0.2, 0.25) is 5.91 Å². The number of hydrogen-bond acceptors (Lipinski definition) is 5. The van der Waals surface area contributed by atoms with E-state index in [1.165, 1.54) is 4.88 Å². The molecule has 2 aliphatic heterocycles. The first-order chi connectivity index (χ1) is 11.2. The second-order valence-corrected chi connectivity index (χ2v) is 7.27. The van der Waals surface area contributed by atoms with Gasteiger partial charge in [0.05, 0.1) is 19.1 Å². The molecule has 2 aliphatic rings. The van der Waals surface area contributed by atoms with Crippen LogP contribution in [0.1, 0.15) is 35.4 Å². The fraction of sp³-hybridized carbons (Fsp3) is 0.562. The van der Waals surface area contributed by atoms with Crippen LogP contribution in [0.3, 0.4) is 0 Å². The molecule has 0 spiro atoms. The predicted molar refractivity (Wildman–Crippen MR) is 88.0 cm³/mol. The number of rotatable bonds is 3. The zero-order valence-electron chi connectivity index (χ0n) is 13.3. The van der Waals surface area contributed by atoms with Gasteiger partial charge in [-0.2, -0.15) is 0 Å². The Kier molecular flexibility index (Phi) is 3.90. The van der Waals surface area contributed by atoms with Crippen molar-refractivity contribution in [1.82, 2.24) is 24.6 Å². The Morgan fingerprint density at radius 1 is 1.35 bits per heavy atom. The predicted octanol–water partition coefficient (Wildman–Crippen LogP) is 1.83. The van der Waals surface area contributed by atoms with Gasteiger partial charge in [-0.1, -0.05) is 6.07 Å². The third-order valence-corrected chi connectivity index (χ3v) is 5.79. The topological polar surface area (TPSA) is 54.3 Å². The number of thiophene rings is 1. The number of nitrogens with zero attached hydrogens (tertiary/aromatic N) is 5. The zero-order valence-corrected chi connectivity index (χ0v) is 14.1. The lowest BCUT2D eigenvalue weighted by atomic mass is 10.2. The van der Waals surface area contributed by atoms with Gasteiger partial charge >= 0.3 is 0 Å². The minimum Gasteiger partial charge on any atom is -0.334 e. The van der Waals surface area contributed by atoms with Gasteiger partial charge in [-0.15, -0.1) is 21.5 Å². The first-order valence-electron chi connectivity index (χ1n) is 8.16. The lowest BCUT2D eigenvalue weighted by Crippen LogP contribution is -2.43. The number of aryl methyl sites for hydroxylation is 1. The Bertz CT molecular complexity index is 695. The van der Waals surface area contributed by atoms with E-state index >= 15 is 0 Å². The highest BCUT2D eigenvalue weighted by atomic mass is 32.1. The summed E-state index contributed by atoms with van der Waals surface area (Å²) in [4.78, 5) is 18.3. The van der Waals surface area contributed by atoms with Gasteiger partial charge < -0.3 is 9.47 Å². The molecular formula is C16H21N5OS. The van der Waals surface area contributed by atoms with E-state index in [9.17, 15) is 4.79 Å². The Morgan fingerprint density at radius 3 is 3.09 bits per heavy atom. The van der Waals surface area contributed by atoms with E-state index in [-0.39, 0.29) is 11.9 Å².